The maximum absolute atomic E-state index is 14.3. The maximum atomic E-state index is 14.3. The second kappa shape index (κ2) is 8.21. The largest absolute Gasteiger partial charge is 0.465 e. The molecule has 0 spiro atoms. The van der Waals surface area contributed by atoms with Crippen LogP contribution in [-0.2, 0) is 16.1 Å². The number of benzene rings is 2. The van der Waals surface area contributed by atoms with Gasteiger partial charge in [0.15, 0.2) is 4.80 Å². The zero-order valence-electron chi connectivity index (χ0n) is 14.0. The molecule has 0 atom stereocenters. The highest BCUT2D eigenvalue weighted by Gasteiger charge is 2.16. The van der Waals surface area contributed by atoms with Gasteiger partial charge in [-0.15, -0.1) is 0 Å². The molecule has 0 bridgehead atoms. The van der Waals surface area contributed by atoms with Crippen molar-refractivity contribution in [2.75, 3.05) is 6.61 Å². The van der Waals surface area contributed by atoms with Crippen molar-refractivity contribution in [2.45, 2.75) is 13.5 Å². The Hall–Kier alpha value is -2.22. The third kappa shape index (κ3) is 4.21. The first-order valence-electron chi connectivity index (χ1n) is 7.88. The first-order chi connectivity index (χ1) is 12.9. The summed E-state index contributed by atoms with van der Waals surface area (Å²) in [7, 11) is 0. The second-order valence-electron chi connectivity index (χ2n) is 5.40. The Balaban J connectivity index is 2.14. The molecular weight excluding hydrogens is 414 g/mol. The number of para-hydroxylation sites is 1. The molecule has 0 unspecified atom stereocenters. The monoisotopic (exact) mass is 426 g/mol. The smallest absolute Gasteiger partial charge is 0.326 e. The van der Waals surface area contributed by atoms with Crippen LogP contribution in [0.25, 0.3) is 10.2 Å². The molecule has 140 valence electrons. The molecule has 9 heteroatoms. The Kier molecular flexibility index (Phi) is 5.94. The maximum Gasteiger partial charge on any atom is 0.326 e. The van der Waals surface area contributed by atoms with Crippen molar-refractivity contribution in [3.8, 4) is 0 Å². The fraction of sp³-hybridized carbons (Fsp3) is 0.167. The highest BCUT2D eigenvalue weighted by atomic mass is 35.5. The highest BCUT2D eigenvalue weighted by Crippen LogP contribution is 2.23. The van der Waals surface area contributed by atoms with E-state index in [2.05, 4.69) is 4.99 Å². The van der Waals surface area contributed by atoms with E-state index in [1.54, 1.807) is 19.1 Å². The van der Waals surface area contributed by atoms with Gasteiger partial charge < -0.3 is 9.30 Å². The molecule has 27 heavy (non-hydrogen) atoms. The van der Waals surface area contributed by atoms with Gasteiger partial charge in [-0.2, -0.15) is 4.99 Å². The van der Waals surface area contributed by atoms with Crippen LogP contribution >= 0.6 is 34.5 Å². The summed E-state index contributed by atoms with van der Waals surface area (Å²) in [6.45, 7) is 1.59. The number of amides is 1. The van der Waals surface area contributed by atoms with E-state index in [0.29, 0.717) is 9.72 Å². The number of carbonyl (C=O) groups is 2. The lowest BCUT2D eigenvalue weighted by atomic mass is 10.2. The number of fused-ring (bicyclic) bond motifs is 1. The SMILES string of the molecule is CCOC(=O)Cn1c(=NC(=O)c2ccc(Cl)cc2Cl)sc2cccc(F)c21. The van der Waals surface area contributed by atoms with Crippen molar-refractivity contribution >= 4 is 56.6 Å². The van der Waals surface area contributed by atoms with Crippen molar-refractivity contribution in [1.82, 2.24) is 4.57 Å². The van der Waals surface area contributed by atoms with Gasteiger partial charge in [0.2, 0.25) is 0 Å². The summed E-state index contributed by atoms with van der Waals surface area (Å²) >= 11 is 13.0. The third-order valence-corrected chi connectivity index (χ3v) is 5.19. The van der Waals surface area contributed by atoms with Crippen LogP contribution in [0.5, 0.6) is 0 Å². The minimum atomic E-state index is -0.624. The molecule has 3 aromatic rings. The number of esters is 1. The fourth-order valence-electron chi connectivity index (χ4n) is 2.46. The number of carbonyl (C=O) groups excluding carboxylic acids is 2. The molecule has 0 aliphatic heterocycles. The standard InChI is InChI=1S/C18H13Cl2FN2O3S/c1-2-26-15(24)9-23-16-13(21)4-3-5-14(16)27-18(23)22-17(25)11-7-6-10(19)8-12(11)20/h3-8H,2,9H2,1H3. The molecule has 0 saturated carbocycles. The van der Waals surface area contributed by atoms with E-state index >= 15 is 0 Å². The molecular formula is C18H13Cl2FN2O3S. The third-order valence-electron chi connectivity index (χ3n) is 3.60. The predicted octanol–water partition coefficient (Wildman–Crippen LogP) is 4.45. The van der Waals surface area contributed by atoms with E-state index in [9.17, 15) is 14.0 Å². The quantitative estimate of drug-likeness (QED) is 0.578. The number of hydrogen-bond acceptors (Lipinski definition) is 4. The van der Waals surface area contributed by atoms with E-state index in [1.807, 2.05) is 0 Å². The van der Waals surface area contributed by atoms with Crippen LogP contribution in [-0.4, -0.2) is 23.1 Å². The van der Waals surface area contributed by atoms with Crippen LogP contribution in [0.1, 0.15) is 17.3 Å². The van der Waals surface area contributed by atoms with Crippen molar-refractivity contribution in [2.24, 2.45) is 4.99 Å². The summed E-state index contributed by atoms with van der Waals surface area (Å²) in [6, 6.07) is 8.92. The Morgan fingerprint density at radius 3 is 2.74 bits per heavy atom. The number of ether oxygens (including phenoxy) is 1. The van der Waals surface area contributed by atoms with E-state index in [4.69, 9.17) is 27.9 Å². The number of hydrogen-bond donors (Lipinski definition) is 0. The van der Waals surface area contributed by atoms with Gasteiger partial charge in [0.25, 0.3) is 5.91 Å². The molecule has 1 aromatic heterocycles. The summed E-state index contributed by atoms with van der Waals surface area (Å²) in [5.41, 5.74) is 0.339. The average molecular weight is 427 g/mol. The molecule has 0 aliphatic carbocycles. The topological polar surface area (TPSA) is 60.7 Å². The van der Waals surface area contributed by atoms with Gasteiger partial charge in [-0.25, -0.2) is 4.39 Å². The zero-order chi connectivity index (χ0) is 19.6. The number of rotatable bonds is 4. The number of aromatic nitrogens is 1. The lowest BCUT2D eigenvalue weighted by Gasteiger charge is -2.06. The number of halogens is 3. The Labute approximate surface area is 167 Å². The normalized spacial score (nSPS) is 11.8. The molecule has 1 heterocycles. The van der Waals surface area contributed by atoms with Gasteiger partial charge in [-0.1, -0.05) is 40.6 Å². The molecule has 0 saturated heterocycles. The molecule has 0 N–H and O–H groups in total. The van der Waals surface area contributed by atoms with Crippen molar-refractivity contribution in [3.63, 3.8) is 0 Å². The minimum absolute atomic E-state index is 0.153. The minimum Gasteiger partial charge on any atom is -0.465 e. The fourth-order valence-corrected chi connectivity index (χ4v) is 4.00. The van der Waals surface area contributed by atoms with Crippen molar-refractivity contribution in [3.05, 3.63) is 62.6 Å². The predicted molar refractivity (Wildman–Crippen MR) is 103 cm³/mol. The Morgan fingerprint density at radius 2 is 2.04 bits per heavy atom. The summed E-state index contributed by atoms with van der Waals surface area (Å²) in [6.07, 6.45) is 0. The molecule has 0 aliphatic rings. The van der Waals surface area contributed by atoms with Crippen molar-refractivity contribution in [1.29, 1.82) is 0 Å². The lowest BCUT2D eigenvalue weighted by Crippen LogP contribution is -2.23. The highest BCUT2D eigenvalue weighted by molar-refractivity contribution is 7.16. The summed E-state index contributed by atoms with van der Waals surface area (Å²) in [5.74, 6) is -1.70. The second-order valence-corrected chi connectivity index (χ2v) is 7.26. The zero-order valence-corrected chi connectivity index (χ0v) is 16.4. The molecule has 1 amide bonds. The van der Waals surface area contributed by atoms with Gasteiger partial charge in [-0.3, -0.25) is 9.59 Å². The number of nitrogens with zero attached hydrogens (tertiary/aromatic N) is 2. The van der Waals surface area contributed by atoms with E-state index in [0.717, 1.165) is 11.3 Å². The molecule has 0 radical (unpaired) electrons. The van der Waals surface area contributed by atoms with Crippen molar-refractivity contribution < 1.29 is 18.7 Å². The van der Waals surface area contributed by atoms with Gasteiger partial charge in [0.1, 0.15) is 12.4 Å². The number of thiazole rings is 1. The van der Waals surface area contributed by atoms with Crippen LogP contribution in [0.3, 0.4) is 0 Å². The Bertz CT molecular complexity index is 1110. The van der Waals surface area contributed by atoms with Crippen LogP contribution in [0.4, 0.5) is 4.39 Å². The van der Waals surface area contributed by atoms with E-state index < -0.39 is 17.7 Å². The van der Waals surface area contributed by atoms with Crippen LogP contribution in [0.15, 0.2) is 41.4 Å². The Morgan fingerprint density at radius 1 is 1.26 bits per heavy atom. The van der Waals surface area contributed by atoms with Gasteiger partial charge in [0.05, 0.1) is 27.4 Å². The average Bonchev–Trinajstić information content (AvgIpc) is 2.93. The van der Waals surface area contributed by atoms with Crippen LogP contribution in [0, 0.1) is 5.82 Å². The van der Waals surface area contributed by atoms with E-state index in [-0.39, 0.29) is 34.1 Å². The lowest BCUT2D eigenvalue weighted by molar-refractivity contribution is -0.143. The van der Waals surface area contributed by atoms with Crippen LogP contribution < -0.4 is 4.80 Å². The van der Waals surface area contributed by atoms with E-state index in [1.165, 1.54) is 28.8 Å². The van der Waals surface area contributed by atoms with Gasteiger partial charge in [-0.05, 0) is 37.3 Å². The first kappa shape index (κ1) is 19.5. The van der Waals surface area contributed by atoms with Gasteiger partial charge >= 0.3 is 5.97 Å². The summed E-state index contributed by atoms with van der Waals surface area (Å²) in [5, 5.41) is 0.540. The van der Waals surface area contributed by atoms with Crippen LogP contribution in [0.2, 0.25) is 10.0 Å². The summed E-state index contributed by atoms with van der Waals surface area (Å²) < 4.78 is 21.2. The molecule has 3 rings (SSSR count). The molecule has 2 aromatic carbocycles. The molecule has 0 fully saturated rings. The van der Waals surface area contributed by atoms with Gasteiger partial charge in [0, 0.05) is 5.02 Å². The molecule has 5 nitrogen and oxygen atoms in total. The summed E-state index contributed by atoms with van der Waals surface area (Å²) in [4.78, 5) is 28.7. The first-order valence-corrected chi connectivity index (χ1v) is 9.45.